The van der Waals surface area contributed by atoms with Gasteiger partial charge in [0.2, 0.25) is 9.84 Å². The maximum absolute atomic E-state index is 11.7. The summed E-state index contributed by atoms with van der Waals surface area (Å²) in [7, 11) is -3.19. The lowest BCUT2D eigenvalue weighted by molar-refractivity contribution is 0.606. The van der Waals surface area contributed by atoms with Gasteiger partial charge in [-0.3, -0.25) is 0 Å². The average molecular weight is 256 g/mol. The predicted molar refractivity (Wildman–Crippen MR) is 69.3 cm³/mol. The Morgan fingerprint density at radius 3 is 2.69 bits per heavy atom. The molecule has 0 aliphatic rings. The third-order valence-corrected chi connectivity index (χ3v) is 4.97. The molecular formula is C12H16O2S2. The molecule has 16 heavy (non-hydrogen) atoms. The molecule has 0 N–H and O–H groups in total. The van der Waals surface area contributed by atoms with Crippen LogP contribution in [-0.4, -0.2) is 8.42 Å². The quantitative estimate of drug-likeness (QED) is 0.549. The molecule has 1 aromatic rings. The molecule has 0 fully saturated rings. The molecule has 0 atom stereocenters. The van der Waals surface area contributed by atoms with E-state index in [0.29, 0.717) is 4.21 Å². The second-order valence-corrected chi connectivity index (χ2v) is 6.43. The van der Waals surface area contributed by atoms with Gasteiger partial charge in [-0.1, -0.05) is 18.2 Å². The van der Waals surface area contributed by atoms with Crippen molar-refractivity contribution in [1.82, 2.24) is 0 Å². The van der Waals surface area contributed by atoms with Crippen molar-refractivity contribution >= 4 is 21.2 Å². The molecule has 1 rings (SSSR count). The van der Waals surface area contributed by atoms with Crippen LogP contribution in [0.2, 0.25) is 0 Å². The van der Waals surface area contributed by atoms with Gasteiger partial charge >= 0.3 is 0 Å². The van der Waals surface area contributed by atoms with E-state index >= 15 is 0 Å². The summed E-state index contributed by atoms with van der Waals surface area (Å²) in [6.07, 6.45) is 7.48. The average Bonchev–Trinajstić information content (AvgIpc) is 2.77. The highest BCUT2D eigenvalue weighted by Gasteiger charge is 2.09. The van der Waals surface area contributed by atoms with Gasteiger partial charge in [-0.25, -0.2) is 8.42 Å². The van der Waals surface area contributed by atoms with E-state index in [9.17, 15) is 8.42 Å². The first-order valence-corrected chi connectivity index (χ1v) is 7.65. The summed E-state index contributed by atoms with van der Waals surface area (Å²) >= 11 is 1.25. The van der Waals surface area contributed by atoms with E-state index in [-0.39, 0.29) is 0 Å². The van der Waals surface area contributed by atoms with E-state index in [1.54, 1.807) is 23.6 Å². The molecular weight excluding hydrogens is 240 g/mol. The van der Waals surface area contributed by atoms with Gasteiger partial charge in [0.1, 0.15) is 4.21 Å². The van der Waals surface area contributed by atoms with E-state index in [1.807, 2.05) is 6.08 Å². The van der Waals surface area contributed by atoms with Crippen molar-refractivity contribution in [2.75, 3.05) is 0 Å². The summed E-state index contributed by atoms with van der Waals surface area (Å²) in [4.78, 5) is 0. The molecule has 0 saturated carbocycles. The van der Waals surface area contributed by atoms with Crippen LogP contribution in [0.3, 0.4) is 0 Å². The summed E-state index contributed by atoms with van der Waals surface area (Å²) in [6.45, 7) is 3.64. The fourth-order valence-corrected chi connectivity index (χ4v) is 3.35. The minimum Gasteiger partial charge on any atom is -0.218 e. The Morgan fingerprint density at radius 1 is 1.31 bits per heavy atom. The van der Waals surface area contributed by atoms with Gasteiger partial charge in [0.25, 0.3) is 0 Å². The van der Waals surface area contributed by atoms with Gasteiger partial charge in [-0.05, 0) is 37.1 Å². The molecule has 0 unspecified atom stereocenters. The Bertz CT molecular complexity index is 428. The minimum atomic E-state index is -3.19. The van der Waals surface area contributed by atoms with Crippen molar-refractivity contribution in [2.24, 2.45) is 0 Å². The molecule has 0 radical (unpaired) electrons. The number of hydrogen-bond donors (Lipinski definition) is 0. The van der Waals surface area contributed by atoms with E-state index < -0.39 is 9.84 Å². The van der Waals surface area contributed by atoms with Gasteiger partial charge in [0.05, 0.1) is 0 Å². The maximum Gasteiger partial charge on any atom is 0.208 e. The molecule has 4 heteroatoms. The van der Waals surface area contributed by atoms with E-state index in [2.05, 4.69) is 6.58 Å². The first-order chi connectivity index (χ1) is 7.67. The number of allylic oxidation sites excluding steroid dienone is 2. The number of rotatable bonds is 7. The highest BCUT2D eigenvalue weighted by atomic mass is 32.2. The van der Waals surface area contributed by atoms with Gasteiger partial charge in [0.15, 0.2) is 0 Å². The van der Waals surface area contributed by atoms with Crippen LogP contribution < -0.4 is 0 Å². The van der Waals surface area contributed by atoms with Gasteiger partial charge in [-0.2, -0.15) is 0 Å². The monoisotopic (exact) mass is 256 g/mol. The van der Waals surface area contributed by atoms with E-state index in [4.69, 9.17) is 0 Å². The second-order valence-electron chi connectivity index (χ2n) is 3.42. The topological polar surface area (TPSA) is 34.1 Å². The van der Waals surface area contributed by atoms with Crippen molar-refractivity contribution in [2.45, 2.75) is 29.9 Å². The van der Waals surface area contributed by atoms with Gasteiger partial charge in [-0.15, -0.1) is 17.9 Å². The Labute approximate surface area is 101 Å². The summed E-state index contributed by atoms with van der Waals surface area (Å²) < 4.78 is 23.8. The zero-order valence-electron chi connectivity index (χ0n) is 9.13. The maximum atomic E-state index is 11.7. The zero-order chi connectivity index (χ0) is 11.9. The Balaban J connectivity index is 2.42. The summed E-state index contributed by atoms with van der Waals surface area (Å²) in [5.41, 5.74) is 0. The van der Waals surface area contributed by atoms with Crippen molar-refractivity contribution in [3.05, 3.63) is 41.7 Å². The second kappa shape index (κ2) is 6.66. The normalized spacial score (nSPS) is 12.0. The first kappa shape index (κ1) is 13.2. The molecule has 0 bridgehead atoms. The molecule has 0 saturated heterocycles. The fraction of sp³-hybridized carbons (Fsp3) is 0.333. The first-order valence-electron chi connectivity index (χ1n) is 5.23. The van der Waals surface area contributed by atoms with Gasteiger partial charge in [0, 0.05) is 5.41 Å². The van der Waals surface area contributed by atoms with Crippen LogP contribution in [0.25, 0.3) is 0 Å². The summed E-state index contributed by atoms with van der Waals surface area (Å²) in [5, 5.41) is 3.08. The van der Waals surface area contributed by atoms with Crippen LogP contribution in [0, 0.1) is 0 Å². The van der Waals surface area contributed by atoms with Crippen molar-refractivity contribution in [1.29, 1.82) is 0 Å². The third-order valence-electron chi connectivity index (χ3n) is 2.08. The molecule has 1 aromatic heterocycles. The number of thiophene rings is 1. The molecule has 0 amide bonds. The van der Waals surface area contributed by atoms with Crippen LogP contribution in [0.1, 0.15) is 25.7 Å². The lowest BCUT2D eigenvalue weighted by Gasteiger charge is -1.94. The third kappa shape index (κ3) is 4.33. The lowest BCUT2D eigenvalue weighted by Crippen LogP contribution is -1.91. The van der Waals surface area contributed by atoms with Crippen molar-refractivity contribution in [3.8, 4) is 0 Å². The number of sulfone groups is 1. The standard InChI is InChI=1S/C12H16O2S2/c1-2-3-4-5-6-7-11-16(13,14)12-9-8-10-15-12/h2,7-11H,1,3-6H2. The van der Waals surface area contributed by atoms with Crippen LogP contribution in [-0.2, 0) is 9.84 Å². The van der Waals surface area contributed by atoms with Gasteiger partial charge < -0.3 is 0 Å². The zero-order valence-corrected chi connectivity index (χ0v) is 10.8. The minimum absolute atomic E-state index is 0.412. The summed E-state index contributed by atoms with van der Waals surface area (Å²) in [5.74, 6) is 0. The molecule has 0 aliphatic heterocycles. The molecule has 1 heterocycles. The van der Waals surface area contributed by atoms with Crippen LogP contribution in [0.15, 0.2) is 45.9 Å². The highest BCUT2D eigenvalue weighted by molar-refractivity contribution is 7.96. The van der Waals surface area contributed by atoms with E-state index in [1.165, 1.54) is 16.7 Å². The SMILES string of the molecule is C=CCCCCC=CS(=O)(=O)c1cccs1. The van der Waals surface area contributed by atoms with Crippen LogP contribution in [0.5, 0.6) is 0 Å². The van der Waals surface area contributed by atoms with Crippen molar-refractivity contribution in [3.63, 3.8) is 0 Å². The predicted octanol–water partition coefficient (Wildman–Crippen LogP) is 3.78. The fourth-order valence-electron chi connectivity index (χ4n) is 1.24. The smallest absolute Gasteiger partial charge is 0.208 e. The van der Waals surface area contributed by atoms with Crippen LogP contribution >= 0.6 is 11.3 Å². The largest absolute Gasteiger partial charge is 0.218 e. The molecule has 0 spiro atoms. The molecule has 0 aliphatic carbocycles. The Hall–Kier alpha value is -0.870. The number of unbranched alkanes of at least 4 members (excludes halogenated alkanes) is 3. The highest BCUT2D eigenvalue weighted by Crippen LogP contribution is 2.18. The molecule has 2 nitrogen and oxygen atoms in total. The van der Waals surface area contributed by atoms with Crippen molar-refractivity contribution < 1.29 is 8.42 Å². The Morgan fingerprint density at radius 2 is 2.06 bits per heavy atom. The summed E-state index contributed by atoms with van der Waals surface area (Å²) in [6, 6.07) is 3.37. The van der Waals surface area contributed by atoms with Crippen LogP contribution in [0.4, 0.5) is 0 Å². The van der Waals surface area contributed by atoms with E-state index in [0.717, 1.165) is 25.7 Å². The molecule has 0 aromatic carbocycles. The lowest BCUT2D eigenvalue weighted by atomic mass is 10.2. The Kier molecular flexibility index (Phi) is 5.49. The molecule has 88 valence electrons. The number of hydrogen-bond acceptors (Lipinski definition) is 3.